The molecule has 0 fully saturated rings. The fourth-order valence-corrected chi connectivity index (χ4v) is 3.18. The molecule has 3 rings (SSSR count). The van der Waals surface area contributed by atoms with Crippen LogP contribution < -0.4 is 14.2 Å². The van der Waals surface area contributed by atoms with Crippen LogP contribution in [0.5, 0.6) is 23.0 Å². The third-order valence-corrected chi connectivity index (χ3v) is 4.91. The summed E-state index contributed by atoms with van der Waals surface area (Å²) in [7, 11) is 4.77. The number of hydrogen-bond acceptors (Lipinski definition) is 5. The Morgan fingerprint density at radius 2 is 1.41 bits per heavy atom. The van der Waals surface area contributed by atoms with Gasteiger partial charge in [-0.05, 0) is 65.6 Å². The normalized spacial score (nSPS) is 11.1. The highest BCUT2D eigenvalue weighted by atomic mass is 16.5. The molecule has 0 unspecified atom stereocenters. The lowest BCUT2D eigenvalue weighted by Crippen LogP contribution is -1.95. The molecule has 164 valence electrons. The zero-order valence-corrected chi connectivity index (χ0v) is 18.4. The summed E-state index contributed by atoms with van der Waals surface area (Å²) < 4.78 is 16.1. The van der Waals surface area contributed by atoms with Crippen molar-refractivity contribution in [1.82, 2.24) is 0 Å². The standard InChI is InChI=1S/C27H26O5/c1-30-25-17-21(18-26(31-2)27(25)32-3)12-11-20-9-7-19(8-10-20)5-4-6-24(29)22-13-15-23(28)16-14-22/h4,6-18,28H,5H2,1-3H3/b6-4-,12-11-. The van der Waals surface area contributed by atoms with E-state index >= 15 is 0 Å². The van der Waals surface area contributed by atoms with Crippen LogP contribution in [-0.4, -0.2) is 32.2 Å². The zero-order chi connectivity index (χ0) is 22.9. The van der Waals surface area contributed by atoms with Crippen LogP contribution in [0.15, 0.2) is 72.8 Å². The van der Waals surface area contributed by atoms with Crippen LogP contribution in [0.2, 0.25) is 0 Å². The van der Waals surface area contributed by atoms with Gasteiger partial charge in [-0.3, -0.25) is 4.79 Å². The SMILES string of the molecule is COc1cc(/C=C\c2ccc(C/C=C\C(=O)c3ccc(O)cc3)cc2)cc(OC)c1OC. The maximum absolute atomic E-state index is 12.1. The maximum Gasteiger partial charge on any atom is 0.203 e. The van der Waals surface area contributed by atoms with E-state index in [1.165, 1.54) is 12.1 Å². The van der Waals surface area contributed by atoms with E-state index < -0.39 is 0 Å². The van der Waals surface area contributed by atoms with Gasteiger partial charge >= 0.3 is 0 Å². The van der Waals surface area contributed by atoms with E-state index in [4.69, 9.17) is 14.2 Å². The second kappa shape index (κ2) is 10.9. The molecule has 0 spiro atoms. The van der Waals surface area contributed by atoms with Gasteiger partial charge in [0.15, 0.2) is 17.3 Å². The fraction of sp³-hybridized carbons (Fsp3) is 0.148. The Kier molecular flexibility index (Phi) is 7.70. The van der Waals surface area contributed by atoms with Crippen molar-refractivity contribution in [2.75, 3.05) is 21.3 Å². The predicted molar refractivity (Wildman–Crippen MR) is 127 cm³/mol. The number of ketones is 1. The third kappa shape index (κ3) is 5.79. The molecule has 0 aromatic heterocycles. The van der Waals surface area contributed by atoms with E-state index in [1.54, 1.807) is 39.5 Å². The smallest absolute Gasteiger partial charge is 0.203 e. The first kappa shape index (κ1) is 22.7. The highest BCUT2D eigenvalue weighted by molar-refractivity contribution is 6.04. The van der Waals surface area contributed by atoms with Gasteiger partial charge in [-0.25, -0.2) is 0 Å². The summed E-state index contributed by atoms with van der Waals surface area (Å²) in [6.45, 7) is 0. The first-order valence-electron chi connectivity index (χ1n) is 10.1. The van der Waals surface area contributed by atoms with Gasteiger partial charge in [0.2, 0.25) is 5.75 Å². The second-order valence-electron chi connectivity index (χ2n) is 7.05. The van der Waals surface area contributed by atoms with Gasteiger partial charge in [0.1, 0.15) is 5.75 Å². The van der Waals surface area contributed by atoms with Crippen molar-refractivity contribution in [2.24, 2.45) is 0 Å². The molecule has 0 radical (unpaired) electrons. The Morgan fingerprint density at radius 1 is 0.812 bits per heavy atom. The molecule has 0 saturated heterocycles. The van der Waals surface area contributed by atoms with Gasteiger partial charge in [0.05, 0.1) is 21.3 Å². The van der Waals surface area contributed by atoms with E-state index in [0.717, 1.165) is 16.7 Å². The first-order valence-corrected chi connectivity index (χ1v) is 10.1. The molecule has 0 atom stereocenters. The number of phenolic OH excluding ortho intramolecular Hbond substituents is 1. The van der Waals surface area contributed by atoms with Gasteiger partial charge in [0, 0.05) is 5.56 Å². The molecule has 5 heteroatoms. The third-order valence-electron chi connectivity index (χ3n) is 4.91. The topological polar surface area (TPSA) is 65.0 Å². The number of rotatable bonds is 9. The van der Waals surface area contributed by atoms with Crippen molar-refractivity contribution in [3.05, 3.63) is 95.1 Å². The lowest BCUT2D eigenvalue weighted by Gasteiger charge is -2.12. The van der Waals surface area contributed by atoms with Gasteiger partial charge in [-0.1, -0.05) is 42.5 Å². The molecule has 0 amide bonds. The molecule has 32 heavy (non-hydrogen) atoms. The molecule has 5 nitrogen and oxygen atoms in total. The quantitative estimate of drug-likeness (QED) is 0.273. The van der Waals surface area contributed by atoms with Crippen LogP contribution >= 0.6 is 0 Å². The minimum absolute atomic E-state index is 0.0881. The number of allylic oxidation sites excluding steroid dienone is 2. The molecule has 0 aliphatic rings. The summed E-state index contributed by atoms with van der Waals surface area (Å²) in [6, 6.07) is 18.1. The zero-order valence-electron chi connectivity index (χ0n) is 18.4. The number of aromatic hydroxyl groups is 1. The van der Waals surface area contributed by atoms with Crippen LogP contribution in [0, 0.1) is 0 Å². The van der Waals surface area contributed by atoms with E-state index in [1.807, 2.05) is 54.6 Å². The predicted octanol–water partition coefficient (Wildman–Crippen LogP) is 5.57. The molecular weight excluding hydrogens is 404 g/mol. The number of benzene rings is 3. The first-order chi connectivity index (χ1) is 15.5. The van der Waals surface area contributed by atoms with Crippen LogP contribution in [0.4, 0.5) is 0 Å². The molecule has 1 N–H and O–H groups in total. The summed E-state index contributed by atoms with van der Waals surface area (Å²) in [4.78, 5) is 12.1. The molecular formula is C27H26O5. The van der Waals surface area contributed by atoms with Gasteiger partial charge < -0.3 is 19.3 Å². The molecule has 0 aliphatic heterocycles. The number of hydrogen-bond donors (Lipinski definition) is 1. The minimum Gasteiger partial charge on any atom is -0.508 e. The molecule has 0 bridgehead atoms. The molecule has 0 heterocycles. The molecule has 3 aromatic rings. The van der Waals surface area contributed by atoms with Crippen LogP contribution in [0.25, 0.3) is 12.2 Å². The molecule has 0 aliphatic carbocycles. The fourth-order valence-electron chi connectivity index (χ4n) is 3.18. The van der Waals surface area contributed by atoms with E-state index in [9.17, 15) is 9.90 Å². The van der Waals surface area contributed by atoms with E-state index in [0.29, 0.717) is 29.2 Å². The average Bonchev–Trinajstić information content (AvgIpc) is 2.83. The van der Waals surface area contributed by atoms with Crippen LogP contribution in [0.1, 0.15) is 27.0 Å². The van der Waals surface area contributed by atoms with E-state index in [-0.39, 0.29) is 11.5 Å². The summed E-state index contributed by atoms with van der Waals surface area (Å²) in [6.07, 6.45) is 8.05. The average molecular weight is 431 g/mol. The Balaban J connectivity index is 1.64. The van der Waals surface area contributed by atoms with Gasteiger partial charge in [-0.2, -0.15) is 0 Å². The van der Waals surface area contributed by atoms with Crippen molar-refractivity contribution in [2.45, 2.75) is 6.42 Å². The molecule has 0 saturated carbocycles. The van der Waals surface area contributed by atoms with Crippen molar-refractivity contribution in [1.29, 1.82) is 0 Å². The van der Waals surface area contributed by atoms with Crippen LogP contribution in [-0.2, 0) is 6.42 Å². The van der Waals surface area contributed by atoms with Crippen molar-refractivity contribution >= 4 is 17.9 Å². The maximum atomic E-state index is 12.1. The monoisotopic (exact) mass is 430 g/mol. The summed E-state index contributed by atoms with van der Waals surface area (Å²) in [5, 5.41) is 9.31. The van der Waals surface area contributed by atoms with Gasteiger partial charge in [0.25, 0.3) is 0 Å². The summed E-state index contributed by atoms with van der Waals surface area (Å²) in [5.41, 5.74) is 3.63. The number of carbonyl (C=O) groups is 1. The number of methoxy groups -OCH3 is 3. The number of ether oxygens (including phenoxy) is 3. The van der Waals surface area contributed by atoms with E-state index in [2.05, 4.69) is 0 Å². The Hall–Kier alpha value is -3.99. The number of phenols is 1. The minimum atomic E-state index is -0.0881. The van der Waals surface area contributed by atoms with Gasteiger partial charge in [-0.15, -0.1) is 0 Å². The lowest BCUT2D eigenvalue weighted by atomic mass is 10.1. The van der Waals surface area contributed by atoms with Crippen molar-refractivity contribution in [3.8, 4) is 23.0 Å². The Morgan fingerprint density at radius 3 is 1.97 bits per heavy atom. The van der Waals surface area contributed by atoms with Crippen LogP contribution in [0.3, 0.4) is 0 Å². The number of carbonyl (C=O) groups excluding carboxylic acids is 1. The van der Waals surface area contributed by atoms with Crippen molar-refractivity contribution < 1.29 is 24.1 Å². The summed E-state index contributed by atoms with van der Waals surface area (Å²) >= 11 is 0. The lowest BCUT2D eigenvalue weighted by molar-refractivity contribution is 0.104. The Bertz CT molecular complexity index is 1080. The highest BCUT2D eigenvalue weighted by Gasteiger charge is 2.11. The van der Waals surface area contributed by atoms with Crippen molar-refractivity contribution in [3.63, 3.8) is 0 Å². The largest absolute Gasteiger partial charge is 0.508 e. The Labute approximate surface area is 188 Å². The molecule has 3 aromatic carbocycles. The summed E-state index contributed by atoms with van der Waals surface area (Å²) in [5.74, 6) is 1.83. The second-order valence-corrected chi connectivity index (χ2v) is 7.05. The highest BCUT2D eigenvalue weighted by Crippen LogP contribution is 2.38.